The zero-order valence-electron chi connectivity index (χ0n) is 6.47. The van der Waals surface area contributed by atoms with E-state index in [1.54, 1.807) is 12.2 Å². The Morgan fingerprint density at radius 1 is 1.60 bits per heavy atom. The van der Waals surface area contributed by atoms with Crippen LogP contribution in [0.1, 0.15) is 26.2 Å². The van der Waals surface area contributed by atoms with E-state index in [4.69, 9.17) is 0 Å². The minimum Gasteiger partial charge on any atom is -0.295 e. The summed E-state index contributed by atoms with van der Waals surface area (Å²) >= 11 is 0. The van der Waals surface area contributed by atoms with Crippen LogP contribution >= 0.6 is 0 Å². The van der Waals surface area contributed by atoms with Crippen molar-refractivity contribution in [1.29, 1.82) is 0 Å². The van der Waals surface area contributed by atoms with Crippen molar-refractivity contribution in [2.75, 3.05) is 0 Å². The lowest BCUT2D eigenvalue weighted by Crippen LogP contribution is -1.90. The summed E-state index contributed by atoms with van der Waals surface area (Å²) in [4.78, 5) is 10.8. The second-order valence-electron chi connectivity index (χ2n) is 2.15. The first-order valence-electron chi connectivity index (χ1n) is 3.57. The van der Waals surface area contributed by atoms with Crippen molar-refractivity contribution in [3.8, 4) is 0 Å². The fourth-order valence-corrected chi connectivity index (χ4v) is 0.690. The van der Waals surface area contributed by atoms with Crippen molar-refractivity contribution in [3.63, 3.8) is 0 Å². The van der Waals surface area contributed by atoms with Crippen LogP contribution in [0.2, 0.25) is 0 Å². The lowest BCUT2D eigenvalue weighted by Gasteiger charge is -1.90. The van der Waals surface area contributed by atoms with E-state index < -0.39 is 0 Å². The van der Waals surface area contributed by atoms with E-state index in [0.29, 0.717) is 6.42 Å². The lowest BCUT2D eigenvalue weighted by atomic mass is 10.2. The summed E-state index contributed by atoms with van der Waals surface area (Å²) in [6.07, 6.45) is 7.73. The van der Waals surface area contributed by atoms with E-state index in [0.717, 1.165) is 12.8 Å². The van der Waals surface area contributed by atoms with Crippen LogP contribution in [-0.4, -0.2) is 5.78 Å². The highest BCUT2D eigenvalue weighted by Crippen LogP contribution is 1.97. The molecule has 0 saturated heterocycles. The molecule has 0 unspecified atom stereocenters. The van der Waals surface area contributed by atoms with Gasteiger partial charge in [0.05, 0.1) is 0 Å². The van der Waals surface area contributed by atoms with Crippen LogP contribution in [0, 0.1) is 0 Å². The fraction of sp³-hybridized carbons (Fsp3) is 0.444. The highest BCUT2D eigenvalue weighted by molar-refractivity contribution is 5.89. The van der Waals surface area contributed by atoms with Crippen LogP contribution < -0.4 is 0 Å². The van der Waals surface area contributed by atoms with Gasteiger partial charge in [-0.2, -0.15) is 0 Å². The van der Waals surface area contributed by atoms with E-state index in [1.165, 1.54) is 0 Å². The molecule has 56 valence electrons. The Kier molecular flexibility index (Phi) is 5.74. The molecule has 1 heteroatoms. The molecule has 10 heavy (non-hydrogen) atoms. The molecule has 0 aliphatic carbocycles. The molecule has 0 aliphatic rings. The van der Waals surface area contributed by atoms with Crippen LogP contribution in [0.25, 0.3) is 0 Å². The van der Waals surface area contributed by atoms with E-state index in [-0.39, 0.29) is 5.78 Å². The molecule has 0 bridgehead atoms. The van der Waals surface area contributed by atoms with Crippen molar-refractivity contribution in [1.82, 2.24) is 0 Å². The molecule has 0 aromatic carbocycles. The van der Waals surface area contributed by atoms with Gasteiger partial charge in [0.2, 0.25) is 0 Å². The molecule has 0 saturated carbocycles. The third kappa shape index (κ3) is 5.29. The largest absolute Gasteiger partial charge is 0.295 e. The highest BCUT2D eigenvalue weighted by atomic mass is 16.1. The maximum atomic E-state index is 10.8. The van der Waals surface area contributed by atoms with Gasteiger partial charge < -0.3 is 0 Å². The number of rotatable bonds is 5. The average Bonchev–Trinajstić information content (AvgIpc) is 1.89. The summed E-state index contributed by atoms with van der Waals surface area (Å²) < 4.78 is 0. The van der Waals surface area contributed by atoms with Crippen molar-refractivity contribution < 1.29 is 4.79 Å². The summed E-state index contributed by atoms with van der Waals surface area (Å²) in [5.41, 5.74) is 0. The Morgan fingerprint density at radius 2 is 2.30 bits per heavy atom. The Bertz CT molecular complexity index is 134. The molecule has 0 atom stereocenters. The molecule has 0 heterocycles. The zero-order valence-corrected chi connectivity index (χ0v) is 6.47. The molecule has 0 aromatic rings. The normalized spacial score (nSPS) is 10.1. The summed E-state index contributed by atoms with van der Waals surface area (Å²) in [5, 5.41) is 0. The van der Waals surface area contributed by atoms with Gasteiger partial charge in [0.15, 0.2) is 5.78 Å². The predicted molar refractivity (Wildman–Crippen MR) is 43.9 cm³/mol. The molecule has 0 fully saturated rings. The smallest absolute Gasteiger partial charge is 0.155 e. The van der Waals surface area contributed by atoms with Gasteiger partial charge in [-0.3, -0.25) is 4.79 Å². The average molecular weight is 138 g/mol. The summed E-state index contributed by atoms with van der Waals surface area (Å²) in [6, 6.07) is 0. The summed E-state index contributed by atoms with van der Waals surface area (Å²) in [7, 11) is 0. The van der Waals surface area contributed by atoms with Crippen molar-refractivity contribution in [2.24, 2.45) is 0 Å². The first kappa shape index (κ1) is 9.15. The van der Waals surface area contributed by atoms with Crippen LogP contribution in [0.5, 0.6) is 0 Å². The second-order valence-corrected chi connectivity index (χ2v) is 2.15. The standard InChI is InChI=1S/C9H14O/c1-3-5-6-8-9(10)7-4-2/h3-4,7H,1,5-6,8H2,2H3/b7-4+. The number of unbranched alkanes of at least 4 members (excludes halogenated alkanes) is 1. The van der Waals surface area contributed by atoms with Gasteiger partial charge in [0.25, 0.3) is 0 Å². The van der Waals surface area contributed by atoms with Crippen LogP contribution in [0.15, 0.2) is 24.8 Å². The third-order valence-electron chi connectivity index (χ3n) is 1.18. The van der Waals surface area contributed by atoms with Gasteiger partial charge in [-0.25, -0.2) is 0 Å². The number of hydrogen-bond acceptors (Lipinski definition) is 1. The number of hydrogen-bond donors (Lipinski definition) is 0. The minimum atomic E-state index is 0.212. The van der Waals surface area contributed by atoms with E-state index in [2.05, 4.69) is 6.58 Å². The first-order chi connectivity index (χ1) is 4.81. The Balaban J connectivity index is 3.30. The minimum absolute atomic E-state index is 0.212. The lowest BCUT2D eigenvalue weighted by molar-refractivity contribution is -0.114. The van der Waals surface area contributed by atoms with Gasteiger partial charge in [0, 0.05) is 6.42 Å². The Labute approximate surface area is 62.4 Å². The van der Waals surface area contributed by atoms with Crippen LogP contribution in [-0.2, 0) is 4.79 Å². The van der Waals surface area contributed by atoms with Crippen LogP contribution in [0.4, 0.5) is 0 Å². The molecular weight excluding hydrogens is 124 g/mol. The highest BCUT2D eigenvalue weighted by Gasteiger charge is 1.92. The van der Waals surface area contributed by atoms with Gasteiger partial charge in [0.1, 0.15) is 0 Å². The molecule has 0 radical (unpaired) electrons. The monoisotopic (exact) mass is 138 g/mol. The Morgan fingerprint density at radius 3 is 2.80 bits per heavy atom. The molecule has 0 amide bonds. The van der Waals surface area contributed by atoms with E-state index in [9.17, 15) is 4.79 Å². The fourth-order valence-electron chi connectivity index (χ4n) is 0.690. The van der Waals surface area contributed by atoms with E-state index in [1.807, 2.05) is 13.0 Å². The molecule has 0 aromatic heterocycles. The van der Waals surface area contributed by atoms with Gasteiger partial charge in [-0.1, -0.05) is 12.2 Å². The Hall–Kier alpha value is -0.850. The van der Waals surface area contributed by atoms with Gasteiger partial charge in [-0.05, 0) is 25.8 Å². The van der Waals surface area contributed by atoms with Crippen molar-refractivity contribution >= 4 is 5.78 Å². The van der Waals surface area contributed by atoms with Crippen LogP contribution in [0.3, 0.4) is 0 Å². The molecule has 0 rings (SSSR count). The maximum Gasteiger partial charge on any atom is 0.155 e. The molecule has 0 N–H and O–H groups in total. The quantitative estimate of drug-likeness (QED) is 0.324. The van der Waals surface area contributed by atoms with E-state index >= 15 is 0 Å². The zero-order chi connectivity index (χ0) is 7.82. The predicted octanol–water partition coefficient (Wildman–Crippen LogP) is 2.49. The summed E-state index contributed by atoms with van der Waals surface area (Å²) in [6.45, 7) is 5.43. The van der Waals surface area contributed by atoms with Crippen molar-refractivity contribution in [2.45, 2.75) is 26.2 Å². The topological polar surface area (TPSA) is 17.1 Å². The SMILES string of the molecule is C=CCCCC(=O)/C=C/C. The maximum absolute atomic E-state index is 10.8. The number of ketones is 1. The van der Waals surface area contributed by atoms with Gasteiger partial charge >= 0.3 is 0 Å². The molecular formula is C9H14O. The number of carbonyl (C=O) groups excluding carboxylic acids is 1. The molecule has 0 aliphatic heterocycles. The molecule has 0 spiro atoms. The third-order valence-corrected chi connectivity index (χ3v) is 1.18. The number of allylic oxidation sites excluding steroid dienone is 3. The second kappa shape index (κ2) is 6.27. The molecule has 1 nitrogen and oxygen atoms in total. The number of carbonyl (C=O) groups is 1. The van der Waals surface area contributed by atoms with Gasteiger partial charge in [-0.15, -0.1) is 6.58 Å². The summed E-state index contributed by atoms with van der Waals surface area (Å²) in [5.74, 6) is 0.212. The first-order valence-corrected chi connectivity index (χ1v) is 3.57. The van der Waals surface area contributed by atoms with Crippen molar-refractivity contribution in [3.05, 3.63) is 24.8 Å².